The molecule has 2 aliphatic heterocycles. The van der Waals surface area contributed by atoms with E-state index in [1.807, 2.05) is 30.3 Å². The molecule has 6 rings (SSSR count). The van der Waals surface area contributed by atoms with E-state index in [1.165, 1.54) is 5.56 Å². The van der Waals surface area contributed by atoms with Crippen LogP contribution in [-0.4, -0.2) is 53.6 Å². The maximum absolute atomic E-state index is 12.8. The minimum Gasteiger partial charge on any atom is -0.454 e. The lowest BCUT2D eigenvalue weighted by atomic mass is 9.82. The van der Waals surface area contributed by atoms with Gasteiger partial charge in [0.25, 0.3) is 0 Å². The van der Waals surface area contributed by atoms with Crippen molar-refractivity contribution >= 4 is 23.3 Å². The molecule has 2 aromatic carbocycles. The van der Waals surface area contributed by atoms with Crippen molar-refractivity contribution in [1.29, 1.82) is 0 Å². The Morgan fingerprint density at radius 2 is 1.85 bits per heavy atom. The van der Waals surface area contributed by atoms with Gasteiger partial charge in [-0.2, -0.15) is 0 Å². The van der Waals surface area contributed by atoms with Crippen LogP contribution in [0, 0.1) is 0 Å². The molecule has 0 amide bonds. The van der Waals surface area contributed by atoms with Crippen LogP contribution in [0.1, 0.15) is 39.5 Å². The number of hydrogen-bond acceptors (Lipinski definition) is 7. The van der Waals surface area contributed by atoms with Gasteiger partial charge in [0.1, 0.15) is 0 Å². The molecule has 1 aromatic heterocycles. The van der Waals surface area contributed by atoms with E-state index in [-0.39, 0.29) is 11.7 Å². The molecule has 1 saturated heterocycles. The van der Waals surface area contributed by atoms with Gasteiger partial charge in [-0.25, -0.2) is 9.97 Å². The monoisotopic (exact) mass is 476 g/mol. The smallest absolute Gasteiger partial charge is 0.231 e. The van der Waals surface area contributed by atoms with Crippen molar-refractivity contribution < 1.29 is 14.3 Å². The van der Waals surface area contributed by atoms with Gasteiger partial charge in [-0.15, -0.1) is 0 Å². The van der Waals surface area contributed by atoms with Crippen molar-refractivity contribution in [3.63, 3.8) is 0 Å². The molecule has 3 aliphatic rings. The molecular formula is C26H25ClN4O3. The Kier molecular flexibility index (Phi) is 5.59. The van der Waals surface area contributed by atoms with Crippen molar-refractivity contribution in [2.24, 2.45) is 0 Å². The van der Waals surface area contributed by atoms with Gasteiger partial charge >= 0.3 is 0 Å². The number of carbonyl (C=O) groups is 1. The van der Waals surface area contributed by atoms with Crippen LogP contribution in [-0.2, 0) is 13.0 Å². The zero-order valence-electron chi connectivity index (χ0n) is 18.7. The topological polar surface area (TPSA) is 67.8 Å². The number of piperazine rings is 1. The summed E-state index contributed by atoms with van der Waals surface area (Å²) in [5, 5.41) is 0.692. The third-order valence-electron chi connectivity index (χ3n) is 6.85. The molecule has 34 heavy (non-hydrogen) atoms. The molecule has 0 unspecified atom stereocenters. The molecule has 174 valence electrons. The quantitative estimate of drug-likeness (QED) is 0.561. The second-order valence-electron chi connectivity index (χ2n) is 9.06. The Labute approximate surface area is 203 Å². The molecule has 0 radical (unpaired) electrons. The number of anilines is 1. The van der Waals surface area contributed by atoms with E-state index in [4.69, 9.17) is 26.1 Å². The molecular weight excluding hydrogens is 452 g/mol. The second kappa shape index (κ2) is 8.89. The molecule has 1 aliphatic carbocycles. The first-order valence-electron chi connectivity index (χ1n) is 11.6. The predicted octanol–water partition coefficient (Wildman–Crippen LogP) is 4.09. The average molecular weight is 477 g/mol. The third kappa shape index (κ3) is 4.21. The van der Waals surface area contributed by atoms with Gasteiger partial charge in [0, 0.05) is 50.4 Å². The number of ether oxygens (including phenoxy) is 2. The lowest BCUT2D eigenvalue weighted by Crippen LogP contribution is -2.46. The van der Waals surface area contributed by atoms with Gasteiger partial charge < -0.3 is 14.4 Å². The first-order chi connectivity index (χ1) is 16.6. The Morgan fingerprint density at radius 1 is 1.00 bits per heavy atom. The van der Waals surface area contributed by atoms with Gasteiger partial charge in [0.15, 0.2) is 17.3 Å². The number of rotatable bonds is 4. The van der Waals surface area contributed by atoms with Crippen molar-refractivity contribution in [3.8, 4) is 11.5 Å². The summed E-state index contributed by atoms with van der Waals surface area (Å²) in [7, 11) is 0. The molecule has 7 nitrogen and oxygen atoms in total. The molecule has 3 aromatic rings. The van der Waals surface area contributed by atoms with E-state index >= 15 is 0 Å². The van der Waals surface area contributed by atoms with Gasteiger partial charge in [0.05, 0.1) is 11.3 Å². The molecule has 1 atom stereocenters. The maximum atomic E-state index is 12.8. The molecule has 0 spiro atoms. The molecule has 0 bridgehead atoms. The number of ketones is 1. The molecule has 3 heterocycles. The van der Waals surface area contributed by atoms with Crippen LogP contribution in [0.4, 0.5) is 5.95 Å². The summed E-state index contributed by atoms with van der Waals surface area (Å²) in [6.07, 6.45) is 2.91. The summed E-state index contributed by atoms with van der Waals surface area (Å²) >= 11 is 6.18. The standard InChI is InChI=1S/C26H25ClN4O3/c27-20-3-1-2-18(11-20)19-12-22-21(23(32)13-19)14-28-26(29-22)31-8-6-30(7-9-31)15-17-4-5-24-25(10-17)34-16-33-24/h1-5,10-11,14,19H,6-9,12-13,15-16H2/t19-/m0/s1. The van der Waals surface area contributed by atoms with Crippen molar-refractivity contribution in [2.45, 2.75) is 25.3 Å². The highest BCUT2D eigenvalue weighted by atomic mass is 35.5. The Morgan fingerprint density at radius 3 is 2.71 bits per heavy atom. The van der Waals surface area contributed by atoms with Gasteiger partial charge in [0.2, 0.25) is 12.7 Å². The third-order valence-corrected chi connectivity index (χ3v) is 7.08. The minimum absolute atomic E-state index is 0.0972. The minimum atomic E-state index is 0.0972. The van der Waals surface area contributed by atoms with E-state index in [2.05, 4.69) is 26.9 Å². The highest BCUT2D eigenvalue weighted by molar-refractivity contribution is 6.30. The van der Waals surface area contributed by atoms with Crippen molar-refractivity contribution in [3.05, 3.63) is 76.1 Å². The van der Waals surface area contributed by atoms with Crippen molar-refractivity contribution in [1.82, 2.24) is 14.9 Å². The fourth-order valence-electron chi connectivity index (χ4n) is 4.99. The number of aromatic nitrogens is 2. The fourth-order valence-corrected chi connectivity index (χ4v) is 5.19. The molecule has 0 saturated carbocycles. The highest BCUT2D eigenvalue weighted by Gasteiger charge is 2.29. The molecule has 0 N–H and O–H groups in total. The van der Waals surface area contributed by atoms with E-state index in [1.54, 1.807) is 6.20 Å². The van der Waals surface area contributed by atoms with E-state index in [9.17, 15) is 4.79 Å². The number of carbonyl (C=O) groups excluding carboxylic acids is 1. The SMILES string of the molecule is O=C1C[C@@H](c2cccc(Cl)c2)Cc2nc(N3CCN(Cc4ccc5c(c4)OCO5)CC3)ncc21. The predicted molar refractivity (Wildman–Crippen MR) is 129 cm³/mol. The van der Waals surface area contributed by atoms with Gasteiger partial charge in [-0.05, 0) is 47.7 Å². The first-order valence-corrected chi connectivity index (χ1v) is 12.0. The van der Waals surface area contributed by atoms with Crippen LogP contribution < -0.4 is 14.4 Å². The number of benzene rings is 2. The van der Waals surface area contributed by atoms with Crippen LogP contribution in [0.25, 0.3) is 0 Å². The van der Waals surface area contributed by atoms with E-state index in [0.717, 1.165) is 61.9 Å². The summed E-state index contributed by atoms with van der Waals surface area (Å²) in [4.78, 5) is 26.8. The zero-order chi connectivity index (χ0) is 23.1. The zero-order valence-corrected chi connectivity index (χ0v) is 19.5. The normalized spacial score (nSPS) is 19.9. The summed E-state index contributed by atoms with van der Waals surface area (Å²) < 4.78 is 10.9. The Balaban J connectivity index is 1.12. The Hall–Kier alpha value is -3.16. The number of nitrogens with zero attached hydrogens (tertiary/aromatic N) is 4. The maximum Gasteiger partial charge on any atom is 0.231 e. The summed E-state index contributed by atoms with van der Waals surface area (Å²) in [5.74, 6) is 2.55. The number of Topliss-reactive ketones (excluding diaryl/α,β-unsaturated/α-hetero) is 1. The number of halogens is 1. The van der Waals surface area contributed by atoms with Gasteiger partial charge in [-0.3, -0.25) is 9.69 Å². The average Bonchev–Trinajstić information content (AvgIpc) is 3.32. The fraction of sp³-hybridized carbons (Fsp3) is 0.346. The van der Waals surface area contributed by atoms with Crippen LogP contribution in [0.5, 0.6) is 11.5 Å². The largest absolute Gasteiger partial charge is 0.454 e. The van der Waals surface area contributed by atoms with Crippen LogP contribution in [0.15, 0.2) is 48.7 Å². The van der Waals surface area contributed by atoms with E-state index < -0.39 is 0 Å². The highest BCUT2D eigenvalue weighted by Crippen LogP contribution is 2.34. The van der Waals surface area contributed by atoms with Crippen LogP contribution in [0.3, 0.4) is 0 Å². The first kappa shape index (κ1) is 21.4. The Bertz CT molecular complexity index is 1240. The lowest BCUT2D eigenvalue weighted by molar-refractivity contribution is 0.0962. The molecule has 1 fully saturated rings. The van der Waals surface area contributed by atoms with Crippen molar-refractivity contribution in [2.75, 3.05) is 37.9 Å². The lowest BCUT2D eigenvalue weighted by Gasteiger charge is -2.35. The summed E-state index contributed by atoms with van der Waals surface area (Å²) in [6.45, 7) is 4.68. The number of hydrogen-bond donors (Lipinski definition) is 0. The van der Waals surface area contributed by atoms with Crippen LogP contribution >= 0.6 is 11.6 Å². The summed E-state index contributed by atoms with van der Waals surface area (Å²) in [6, 6.07) is 13.9. The second-order valence-corrected chi connectivity index (χ2v) is 9.50. The summed E-state index contributed by atoms with van der Waals surface area (Å²) in [5.41, 5.74) is 3.80. The van der Waals surface area contributed by atoms with Crippen LogP contribution in [0.2, 0.25) is 5.02 Å². The number of fused-ring (bicyclic) bond motifs is 2. The van der Waals surface area contributed by atoms with Gasteiger partial charge in [-0.1, -0.05) is 29.8 Å². The van der Waals surface area contributed by atoms with E-state index in [0.29, 0.717) is 29.7 Å². The molecule has 8 heteroatoms.